The Kier molecular flexibility index (Phi) is 5.63. The molecule has 112 valence electrons. The predicted molar refractivity (Wildman–Crippen MR) is 85.0 cm³/mol. The van der Waals surface area contributed by atoms with Crippen molar-refractivity contribution in [3.63, 3.8) is 0 Å². The van der Waals surface area contributed by atoms with E-state index in [-0.39, 0.29) is 11.0 Å². The van der Waals surface area contributed by atoms with E-state index in [0.717, 1.165) is 0 Å². The lowest BCUT2D eigenvalue weighted by atomic mass is 10.2. The standard InChI is InChI=1S/C10H6O3.C8H10O/c11-5-7-6-13-9-4-2-1-3-8(9)10(7)12;1-9-7-8-5-3-2-4-6-8/h1-6H;2-6H,7H2,1H3. The van der Waals surface area contributed by atoms with Crippen LogP contribution in [0, 0.1) is 0 Å². The number of carbonyl (C=O) groups excluding carboxylic acids is 1. The summed E-state index contributed by atoms with van der Waals surface area (Å²) < 4.78 is 10.0. The van der Waals surface area contributed by atoms with Crippen LogP contribution < -0.4 is 5.43 Å². The van der Waals surface area contributed by atoms with Gasteiger partial charge >= 0.3 is 0 Å². The number of ether oxygens (including phenoxy) is 1. The first-order valence-corrected chi connectivity index (χ1v) is 6.75. The number of methoxy groups -OCH3 is 1. The van der Waals surface area contributed by atoms with Gasteiger partial charge in [0.05, 0.1) is 17.6 Å². The molecule has 0 bridgehead atoms. The summed E-state index contributed by atoms with van der Waals surface area (Å²) in [6.07, 6.45) is 1.68. The van der Waals surface area contributed by atoms with E-state index in [1.165, 1.54) is 11.8 Å². The Morgan fingerprint density at radius 2 is 1.73 bits per heavy atom. The smallest absolute Gasteiger partial charge is 0.203 e. The molecule has 3 aromatic rings. The first kappa shape index (κ1) is 15.7. The molecule has 1 heterocycles. The molecular formula is C18H16O4. The molecule has 2 aromatic carbocycles. The van der Waals surface area contributed by atoms with E-state index < -0.39 is 0 Å². The molecular weight excluding hydrogens is 280 g/mol. The maximum Gasteiger partial charge on any atom is 0.203 e. The van der Waals surface area contributed by atoms with Crippen LogP contribution in [0.15, 0.2) is 70.1 Å². The van der Waals surface area contributed by atoms with E-state index >= 15 is 0 Å². The van der Waals surface area contributed by atoms with Crippen LogP contribution in [-0.4, -0.2) is 13.4 Å². The van der Waals surface area contributed by atoms with E-state index in [9.17, 15) is 9.59 Å². The molecule has 0 amide bonds. The molecule has 4 nitrogen and oxygen atoms in total. The van der Waals surface area contributed by atoms with Gasteiger partial charge in [0.15, 0.2) is 6.29 Å². The Balaban J connectivity index is 0.000000172. The Hall–Kier alpha value is -2.72. The van der Waals surface area contributed by atoms with E-state index in [0.29, 0.717) is 23.9 Å². The maximum atomic E-state index is 11.5. The van der Waals surface area contributed by atoms with E-state index in [2.05, 4.69) is 0 Å². The van der Waals surface area contributed by atoms with Crippen molar-refractivity contribution in [3.05, 3.63) is 82.2 Å². The van der Waals surface area contributed by atoms with Crippen LogP contribution >= 0.6 is 0 Å². The van der Waals surface area contributed by atoms with Gasteiger partial charge in [-0.15, -0.1) is 0 Å². The molecule has 0 spiro atoms. The summed E-state index contributed by atoms with van der Waals surface area (Å²) in [4.78, 5) is 21.9. The van der Waals surface area contributed by atoms with Crippen molar-refractivity contribution in [1.82, 2.24) is 0 Å². The Bertz CT molecular complexity index is 791. The number of benzene rings is 2. The van der Waals surface area contributed by atoms with Crippen molar-refractivity contribution in [2.24, 2.45) is 0 Å². The summed E-state index contributed by atoms with van der Waals surface area (Å²) in [5, 5.41) is 0.437. The van der Waals surface area contributed by atoms with Crippen LogP contribution in [0.4, 0.5) is 0 Å². The number of rotatable bonds is 3. The highest BCUT2D eigenvalue weighted by Crippen LogP contribution is 2.09. The molecule has 4 heteroatoms. The third kappa shape index (κ3) is 3.90. The second-order valence-electron chi connectivity index (χ2n) is 4.55. The van der Waals surface area contributed by atoms with Gasteiger partial charge in [0, 0.05) is 7.11 Å². The largest absolute Gasteiger partial charge is 0.463 e. The minimum atomic E-state index is -0.281. The second kappa shape index (κ2) is 7.90. The summed E-state index contributed by atoms with van der Waals surface area (Å²) >= 11 is 0. The molecule has 1 aromatic heterocycles. The van der Waals surface area contributed by atoms with E-state index in [1.807, 2.05) is 30.3 Å². The molecule has 0 atom stereocenters. The monoisotopic (exact) mass is 296 g/mol. The van der Waals surface area contributed by atoms with Crippen LogP contribution in [0.25, 0.3) is 11.0 Å². The number of aldehydes is 1. The highest BCUT2D eigenvalue weighted by molar-refractivity contribution is 5.83. The van der Waals surface area contributed by atoms with E-state index in [1.54, 1.807) is 31.4 Å². The molecule has 0 N–H and O–H groups in total. The summed E-state index contributed by atoms with van der Waals surface area (Å²) in [5.74, 6) is 0. The fourth-order valence-electron chi connectivity index (χ4n) is 1.92. The quantitative estimate of drug-likeness (QED) is 0.695. The molecule has 22 heavy (non-hydrogen) atoms. The Morgan fingerprint density at radius 3 is 2.41 bits per heavy atom. The fraction of sp³-hybridized carbons (Fsp3) is 0.111. The predicted octanol–water partition coefficient (Wildman–Crippen LogP) is 3.44. The van der Waals surface area contributed by atoms with Gasteiger partial charge in [-0.3, -0.25) is 9.59 Å². The highest BCUT2D eigenvalue weighted by atomic mass is 16.5. The number of para-hydroxylation sites is 1. The van der Waals surface area contributed by atoms with Crippen molar-refractivity contribution in [1.29, 1.82) is 0 Å². The first-order valence-electron chi connectivity index (χ1n) is 6.75. The zero-order chi connectivity index (χ0) is 15.8. The maximum absolute atomic E-state index is 11.5. The van der Waals surface area contributed by atoms with Crippen LogP contribution in [-0.2, 0) is 11.3 Å². The molecule has 0 aliphatic rings. The molecule has 0 unspecified atom stereocenters. The van der Waals surface area contributed by atoms with Crippen molar-refractivity contribution in [2.45, 2.75) is 6.61 Å². The van der Waals surface area contributed by atoms with Gasteiger partial charge in [0.25, 0.3) is 0 Å². The summed E-state index contributed by atoms with van der Waals surface area (Å²) in [5.41, 5.74) is 1.49. The topological polar surface area (TPSA) is 56.5 Å². The van der Waals surface area contributed by atoms with Gasteiger partial charge in [-0.25, -0.2) is 0 Å². The lowest BCUT2D eigenvalue weighted by molar-refractivity contribution is 0.112. The zero-order valence-corrected chi connectivity index (χ0v) is 12.2. The fourth-order valence-corrected chi connectivity index (χ4v) is 1.92. The third-order valence-electron chi connectivity index (χ3n) is 2.99. The molecule has 0 radical (unpaired) electrons. The van der Waals surface area contributed by atoms with Crippen molar-refractivity contribution in [2.75, 3.05) is 7.11 Å². The number of hydrogen-bond donors (Lipinski definition) is 0. The number of hydrogen-bond acceptors (Lipinski definition) is 4. The minimum Gasteiger partial charge on any atom is -0.463 e. The molecule has 0 saturated carbocycles. The Labute approximate surface area is 128 Å². The SMILES string of the molecule is COCc1ccccc1.O=Cc1coc2ccccc2c1=O. The summed E-state index contributed by atoms with van der Waals surface area (Å²) in [7, 11) is 1.70. The van der Waals surface area contributed by atoms with Gasteiger partial charge in [-0.1, -0.05) is 42.5 Å². The normalized spacial score (nSPS) is 9.86. The van der Waals surface area contributed by atoms with Gasteiger partial charge in [-0.2, -0.15) is 0 Å². The Morgan fingerprint density at radius 1 is 1.05 bits per heavy atom. The van der Waals surface area contributed by atoms with Crippen LogP contribution in [0.1, 0.15) is 15.9 Å². The van der Waals surface area contributed by atoms with Crippen molar-refractivity contribution in [3.8, 4) is 0 Å². The first-order chi connectivity index (χ1) is 10.8. The average Bonchev–Trinajstić information content (AvgIpc) is 2.57. The summed E-state index contributed by atoms with van der Waals surface area (Å²) in [6, 6.07) is 16.9. The van der Waals surface area contributed by atoms with Crippen molar-refractivity contribution < 1.29 is 13.9 Å². The third-order valence-corrected chi connectivity index (χ3v) is 2.99. The molecule has 0 fully saturated rings. The van der Waals surface area contributed by atoms with Crippen LogP contribution in [0.5, 0.6) is 0 Å². The average molecular weight is 296 g/mol. The van der Waals surface area contributed by atoms with Crippen LogP contribution in [0.3, 0.4) is 0 Å². The van der Waals surface area contributed by atoms with Crippen molar-refractivity contribution >= 4 is 17.3 Å². The van der Waals surface area contributed by atoms with Gasteiger partial charge in [0.2, 0.25) is 5.43 Å². The lowest BCUT2D eigenvalue weighted by Gasteiger charge is -1.95. The molecule has 3 rings (SSSR count). The molecule has 0 aliphatic carbocycles. The van der Waals surface area contributed by atoms with Gasteiger partial charge < -0.3 is 9.15 Å². The second-order valence-corrected chi connectivity index (χ2v) is 4.55. The lowest BCUT2D eigenvalue weighted by Crippen LogP contribution is -2.06. The van der Waals surface area contributed by atoms with Gasteiger partial charge in [0.1, 0.15) is 11.8 Å². The zero-order valence-electron chi connectivity index (χ0n) is 12.2. The van der Waals surface area contributed by atoms with E-state index in [4.69, 9.17) is 9.15 Å². The minimum absolute atomic E-state index is 0.0544. The molecule has 0 aliphatic heterocycles. The summed E-state index contributed by atoms with van der Waals surface area (Å²) in [6.45, 7) is 0.709. The number of carbonyl (C=O) groups is 1. The van der Waals surface area contributed by atoms with Gasteiger partial charge in [-0.05, 0) is 17.7 Å². The van der Waals surface area contributed by atoms with Crippen LogP contribution in [0.2, 0.25) is 0 Å². The molecule has 0 saturated heterocycles. The highest BCUT2D eigenvalue weighted by Gasteiger charge is 2.03. The number of fused-ring (bicyclic) bond motifs is 1.